The largest absolute Gasteiger partial charge is 0.496 e. The van der Waals surface area contributed by atoms with Crippen LogP contribution in [-0.4, -0.2) is 19.3 Å². The van der Waals surface area contributed by atoms with Crippen LogP contribution >= 0.6 is 11.6 Å². The summed E-state index contributed by atoms with van der Waals surface area (Å²) < 4.78 is 5.36. The maximum atomic E-state index is 9.45. The van der Waals surface area contributed by atoms with Crippen molar-refractivity contribution < 1.29 is 9.84 Å². The fourth-order valence-electron chi connectivity index (χ4n) is 2.28. The maximum absolute atomic E-state index is 9.45. The minimum Gasteiger partial charge on any atom is -0.496 e. The van der Waals surface area contributed by atoms with Crippen LogP contribution in [0.2, 0.25) is 5.02 Å². The van der Waals surface area contributed by atoms with Crippen LogP contribution in [0.3, 0.4) is 0 Å². The standard InChI is InChI=1S/C16H18ClNO2/c1-18(10-12-6-3-4-9-15(12)20-2)16-13(11-19)7-5-8-14(16)17/h3-9,19H,10-11H2,1-2H3. The van der Waals surface area contributed by atoms with Crippen LogP contribution in [0.4, 0.5) is 5.69 Å². The second-order valence-electron chi connectivity index (χ2n) is 4.57. The molecular weight excluding hydrogens is 274 g/mol. The average molecular weight is 292 g/mol. The van der Waals surface area contributed by atoms with Gasteiger partial charge in [0.2, 0.25) is 0 Å². The number of methoxy groups -OCH3 is 1. The van der Waals surface area contributed by atoms with Crippen molar-refractivity contribution >= 4 is 17.3 Å². The van der Waals surface area contributed by atoms with Crippen molar-refractivity contribution in [1.82, 2.24) is 0 Å². The van der Waals surface area contributed by atoms with Crippen molar-refractivity contribution in [1.29, 1.82) is 0 Å². The van der Waals surface area contributed by atoms with Gasteiger partial charge in [0.05, 0.1) is 24.4 Å². The highest BCUT2D eigenvalue weighted by Crippen LogP contribution is 2.31. The Balaban J connectivity index is 2.31. The summed E-state index contributed by atoms with van der Waals surface area (Å²) in [4.78, 5) is 2.02. The van der Waals surface area contributed by atoms with E-state index in [1.807, 2.05) is 54.4 Å². The van der Waals surface area contributed by atoms with E-state index in [1.165, 1.54) is 0 Å². The Morgan fingerprint density at radius 3 is 2.50 bits per heavy atom. The summed E-state index contributed by atoms with van der Waals surface area (Å²) in [6.07, 6.45) is 0. The van der Waals surface area contributed by atoms with Crippen molar-refractivity contribution in [3.63, 3.8) is 0 Å². The molecule has 0 unspecified atom stereocenters. The van der Waals surface area contributed by atoms with E-state index in [4.69, 9.17) is 16.3 Å². The van der Waals surface area contributed by atoms with Gasteiger partial charge in [-0.25, -0.2) is 0 Å². The predicted octanol–water partition coefficient (Wildman–Crippen LogP) is 3.48. The van der Waals surface area contributed by atoms with Gasteiger partial charge in [0.15, 0.2) is 0 Å². The van der Waals surface area contributed by atoms with E-state index in [1.54, 1.807) is 7.11 Å². The molecule has 0 radical (unpaired) electrons. The monoisotopic (exact) mass is 291 g/mol. The molecule has 0 bridgehead atoms. The Hall–Kier alpha value is -1.71. The lowest BCUT2D eigenvalue weighted by atomic mass is 10.1. The zero-order chi connectivity index (χ0) is 14.5. The molecule has 0 spiro atoms. The van der Waals surface area contributed by atoms with Gasteiger partial charge in [-0.05, 0) is 12.1 Å². The zero-order valence-corrected chi connectivity index (χ0v) is 12.4. The number of para-hydroxylation sites is 2. The number of benzene rings is 2. The van der Waals surface area contributed by atoms with Gasteiger partial charge in [-0.15, -0.1) is 0 Å². The molecule has 0 aromatic heterocycles. The first kappa shape index (κ1) is 14.7. The molecule has 20 heavy (non-hydrogen) atoms. The fraction of sp³-hybridized carbons (Fsp3) is 0.250. The summed E-state index contributed by atoms with van der Waals surface area (Å²) >= 11 is 6.26. The number of rotatable bonds is 5. The fourth-order valence-corrected chi connectivity index (χ4v) is 2.62. The third-order valence-electron chi connectivity index (χ3n) is 3.22. The molecule has 2 aromatic carbocycles. The third kappa shape index (κ3) is 3.06. The lowest BCUT2D eigenvalue weighted by Crippen LogP contribution is -2.19. The molecule has 0 atom stereocenters. The molecule has 0 amide bonds. The van der Waals surface area contributed by atoms with Gasteiger partial charge in [-0.2, -0.15) is 0 Å². The van der Waals surface area contributed by atoms with Crippen LogP contribution in [0.15, 0.2) is 42.5 Å². The molecule has 0 aliphatic rings. The van der Waals surface area contributed by atoms with Crippen molar-refractivity contribution in [2.24, 2.45) is 0 Å². The van der Waals surface area contributed by atoms with Gasteiger partial charge in [0.1, 0.15) is 5.75 Å². The number of ether oxygens (including phenoxy) is 1. The maximum Gasteiger partial charge on any atom is 0.123 e. The molecule has 0 saturated carbocycles. The Kier molecular flexibility index (Phi) is 4.88. The molecule has 106 valence electrons. The highest BCUT2D eigenvalue weighted by atomic mass is 35.5. The van der Waals surface area contributed by atoms with Crippen molar-refractivity contribution in [3.8, 4) is 5.75 Å². The average Bonchev–Trinajstić information content (AvgIpc) is 2.47. The quantitative estimate of drug-likeness (QED) is 0.915. The van der Waals surface area contributed by atoms with Crippen LogP contribution in [0.1, 0.15) is 11.1 Å². The summed E-state index contributed by atoms with van der Waals surface area (Å²) in [6, 6.07) is 13.4. The number of aliphatic hydroxyl groups excluding tert-OH is 1. The summed E-state index contributed by atoms with van der Waals surface area (Å²) in [5.41, 5.74) is 2.73. The number of hydrogen-bond donors (Lipinski definition) is 1. The summed E-state index contributed by atoms with van der Waals surface area (Å²) in [6.45, 7) is 0.618. The minimum atomic E-state index is -0.0356. The topological polar surface area (TPSA) is 32.7 Å². The second kappa shape index (κ2) is 6.64. The lowest BCUT2D eigenvalue weighted by molar-refractivity contribution is 0.282. The third-order valence-corrected chi connectivity index (χ3v) is 3.53. The molecule has 3 nitrogen and oxygen atoms in total. The van der Waals surface area contributed by atoms with E-state index in [9.17, 15) is 5.11 Å². The van der Waals surface area contributed by atoms with Crippen LogP contribution in [-0.2, 0) is 13.2 Å². The molecule has 2 rings (SSSR count). The SMILES string of the molecule is COc1ccccc1CN(C)c1c(Cl)cccc1CO. The first-order valence-corrected chi connectivity index (χ1v) is 6.76. The molecule has 1 N–H and O–H groups in total. The summed E-state index contributed by atoms with van der Waals surface area (Å²) in [5.74, 6) is 0.844. The predicted molar refractivity (Wildman–Crippen MR) is 82.5 cm³/mol. The van der Waals surface area contributed by atoms with E-state index < -0.39 is 0 Å². The lowest BCUT2D eigenvalue weighted by Gasteiger charge is -2.24. The van der Waals surface area contributed by atoms with Gasteiger partial charge in [0.25, 0.3) is 0 Å². The van der Waals surface area contributed by atoms with E-state index in [0.717, 1.165) is 22.6 Å². The zero-order valence-electron chi connectivity index (χ0n) is 11.6. The highest BCUT2D eigenvalue weighted by Gasteiger charge is 2.13. The van der Waals surface area contributed by atoms with E-state index >= 15 is 0 Å². The van der Waals surface area contributed by atoms with Gasteiger partial charge in [-0.1, -0.05) is 41.9 Å². The second-order valence-corrected chi connectivity index (χ2v) is 4.98. The molecular formula is C16H18ClNO2. The highest BCUT2D eigenvalue weighted by molar-refractivity contribution is 6.33. The van der Waals surface area contributed by atoms with Gasteiger partial charge in [-0.3, -0.25) is 0 Å². The summed E-state index contributed by atoms with van der Waals surface area (Å²) in [5, 5.41) is 10.1. The molecule has 2 aromatic rings. The molecule has 0 heterocycles. The smallest absolute Gasteiger partial charge is 0.123 e. The van der Waals surface area contributed by atoms with Crippen LogP contribution in [0.5, 0.6) is 5.75 Å². The van der Waals surface area contributed by atoms with Crippen LogP contribution in [0, 0.1) is 0 Å². The molecule has 0 saturated heterocycles. The summed E-state index contributed by atoms with van der Waals surface area (Å²) in [7, 11) is 3.61. The first-order chi connectivity index (χ1) is 9.67. The van der Waals surface area contributed by atoms with Crippen LogP contribution in [0.25, 0.3) is 0 Å². The van der Waals surface area contributed by atoms with E-state index in [0.29, 0.717) is 11.6 Å². The number of aliphatic hydroxyl groups is 1. The van der Waals surface area contributed by atoms with Gasteiger partial charge in [0, 0.05) is 24.7 Å². The number of anilines is 1. The van der Waals surface area contributed by atoms with Gasteiger partial charge < -0.3 is 14.7 Å². The molecule has 0 aliphatic heterocycles. The number of nitrogens with zero attached hydrogens (tertiary/aromatic N) is 1. The van der Waals surface area contributed by atoms with Crippen LogP contribution < -0.4 is 9.64 Å². The van der Waals surface area contributed by atoms with Crippen molar-refractivity contribution in [2.45, 2.75) is 13.2 Å². The van der Waals surface area contributed by atoms with Gasteiger partial charge >= 0.3 is 0 Å². The first-order valence-electron chi connectivity index (χ1n) is 6.38. The normalized spacial score (nSPS) is 10.4. The Morgan fingerprint density at radius 2 is 1.80 bits per heavy atom. The Labute approximate surface area is 124 Å². The van der Waals surface area contributed by atoms with Crippen molar-refractivity contribution in [2.75, 3.05) is 19.1 Å². The molecule has 0 fully saturated rings. The minimum absolute atomic E-state index is 0.0356. The van der Waals surface area contributed by atoms with E-state index in [2.05, 4.69) is 0 Å². The van der Waals surface area contributed by atoms with Crippen molar-refractivity contribution in [3.05, 3.63) is 58.6 Å². The molecule has 0 aliphatic carbocycles. The number of hydrogen-bond acceptors (Lipinski definition) is 3. The Bertz CT molecular complexity index is 586. The molecule has 4 heteroatoms. The Morgan fingerprint density at radius 1 is 1.10 bits per heavy atom. The number of halogens is 1. The van der Waals surface area contributed by atoms with E-state index in [-0.39, 0.29) is 6.61 Å².